The first-order chi connectivity index (χ1) is 16.7. The lowest BCUT2D eigenvalue weighted by molar-refractivity contribution is -0.115. The van der Waals surface area contributed by atoms with Gasteiger partial charge in [0.15, 0.2) is 11.0 Å². The Bertz CT molecular complexity index is 1220. The summed E-state index contributed by atoms with van der Waals surface area (Å²) in [5, 5.41) is 14.0. The molecule has 6 nitrogen and oxygen atoms in total. The fourth-order valence-corrected chi connectivity index (χ4v) is 5.63. The van der Waals surface area contributed by atoms with E-state index >= 15 is 0 Å². The minimum Gasteiger partial charge on any atom is -0.376 e. The Hall–Kier alpha value is -3.01. The third-order valence-electron chi connectivity index (χ3n) is 5.54. The van der Waals surface area contributed by atoms with Crippen LogP contribution in [0, 0.1) is 5.82 Å². The summed E-state index contributed by atoms with van der Waals surface area (Å²) in [6.45, 7) is 1.39. The van der Waals surface area contributed by atoms with E-state index in [4.69, 9.17) is 4.74 Å². The highest BCUT2D eigenvalue weighted by atomic mass is 32.2. The fraction of sp³-hybridized carbons (Fsp3) is 0.240. The van der Waals surface area contributed by atoms with Crippen LogP contribution in [0.5, 0.6) is 0 Å². The SMILES string of the molecule is O=C(Nc1ccc(F)cc1)C(Sc1nnc(-c2cccs2)n1CC1CCCO1)c1ccccc1. The summed E-state index contributed by atoms with van der Waals surface area (Å²) < 4.78 is 21.3. The number of thioether (sulfide) groups is 1. The number of amides is 1. The molecule has 5 rings (SSSR count). The van der Waals surface area contributed by atoms with Crippen molar-refractivity contribution in [1.82, 2.24) is 14.8 Å². The van der Waals surface area contributed by atoms with Crippen molar-refractivity contribution in [2.75, 3.05) is 11.9 Å². The largest absolute Gasteiger partial charge is 0.376 e. The van der Waals surface area contributed by atoms with Gasteiger partial charge in [-0.2, -0.15) is 0 Å². The van der Waals surface area contributed by atoms with Crippen LogP contribution in [0.1, 0.15) is 23.7 Å². The predicted molar refractivity (Wildman–Crippen MR) is 132 cm³/mol. The summed E-state index contributed by atoms with van der Waals surface area (Å²) in [5.41, 5.74) is 1.38. The molecule has 1 fully saturated rings. The second kappa shape index (κ2) is 10.5. The number of ether oxygens (including phenoxy) is 1. The summed E-state index contributed by atoms with van der Waals surface area (Å²) in [5.74, 6) is 0.209. The van der Waals surface area contributed by atoms with Crippen LogP contribution in [0.3, 0.4) is 0 Å². The molecule has 0 saturated carbocycles. The molecule has 2 atom stereocenters. The zero-order valence-electron chi connectivity index (χ0n) is 18.3. The number of carbonyl (C=O) groups is 1. The van der Waals surface area contributed by atoms with Crippen molar-refractivity contribution in [2.24, 2.45) is 0 Å². The van der Waals surface area contributed by atoms with Crippen LogP contribution in [0.4, 0.5) is 10.1 Å². The molecule has 34 heavy (non-hydrogen) atoms. The van der Waals surface area contributed by atoms with Crippen molar-refractivity contribution in [3.05, 3.63) is 83.5 Å². The number of halogens is 1. The van der Waals surface area contributed by atoms with Crippen LogP contribution in [-0.2, 0) is 16.1 Å². The first-order valence-corrected chi connectivity index (χ1v) is 12.8. The minimum absolute atomic E-state index is 0.0947. The van der Waals surface area contributed by atoms with Gasteiger partial charge in [-0.25, -0.2) is 4.39 Å². The van der Waals surface area contributed by atoms with Crippen LogP contribution >= 0.6 is 23.1 Å². The molecule has 1 aliphatic heterocycles. The van der Waals surface area contributed by atoms with Gasteiger partial charge in [-0.1, -0.05) is 48.2 Å². The molecule has 0 spiro atoms. The standard InChI is InChI=1S/C25H23FN4O2S2/c26-18-10-12-19(13-11-18)27-24(31)22(17-6-2-1-3-7-17)34-25-29-28-23(21-9-5-15-33-21)30(25)16-20-8-4-14-32-20/h1-3,5-7,9-13,15,20,22H,4,8,14,16H2,(H,27,31). The molecular formula is C25H23FN4O2S2. The number of rotatable bonds is 8. The van der Waals surface area contributed by atoms with Gasteiger partial charge in [-0.3, -0.25) is 9.36 Å². The van der Waals surface area contributed by atoms with Gasteiger partial charge < -0.3 is 10.1 Å². The van der Waals surface area contributed by atoms with Crippen LogP contribution in [0.2, 0.25) is 0 Å². The number of anilines is 1. The number of aromatic nitrogens is 3. The lowest BCUT2D eigenvalue weighted by Crippen LogP contribution is -2.21. The summed E-state index contributed by atoms with van der Waals surface area (Å²) >= 11 is 2.96. The lowest BCUT2D eigenvalue weighted by Gasteiger charge is -2.19. The van der Waals surface area contributed by atoms with Crippen molar-refractivity contribution in [2.45, 2.75) is 35.9 Å². The van der Waals surface area contributed by atoms with Gasteiger partial charge in [0, 0.05) is 12.3 Å². The van der Waals surface area contributed by atoms with E-state index in [0.29, 0.717) is 17.4 Å². The number of carbonyl (C=O) groups excluding carboxylic acids is 1. The van der Waals surface area contributed by atoms with Crippen molar-refractivity contribution in [3.8, 4) is 10.7 Å². The Labute approximate surface area is 205 Å². The monoisotopic (exact) mass is 494 g/mol. The Morgan fingerprint density at radius 1 is 1.15 bits per heavy atom. The highest BCUT2D eigenvalue weighted by Crippen LogP contribution is 2.38. The lowest BCUT2D eigenvalue weighted by atomic mass is 10.1. The smallest absolute Gasteiger partial charge is 0.242 e. The molecule has 0 bridgehead atoms. The molecule has 9 heteroatoms. The number of thiophene rings is 1. The molecular weight excluding hydrogens is 471 g/mol. The maximum Gasteiger partial charge on any atom is 0.242 e. The van der Waals surface area contributed by atoms with Crippen LogP contribution in [0.15, 0.2) is 77.3 Å². The van der Waals surface area contributed by atoms with Crippen LogP contribution in [0.25, 0.3) is 10.7 Å². The van der Waals surface area contributed by atoms with Gasteiger partial charge in [0.1, 0.15) is 11.1 Å². The number of nitrogens with one attached hydrogen (secondary N) is 1. The topological polar surface area (TPSA) is 69.0 Å². The van der Waals surface area contributed by atoms with Gasteiger partial charge in [0.05, 0.1) is 17.5 Å². The molecule has 1 amide bonds. The second-order valence-electron chi connectivity index (χ2n) is 7.93. The first-order valence-electron chi connectivity index (χ1n) is 11.0. The Kier molecular flexibility index (Phi) is 7.03. The van der Waals surface area contributed by atoms with Gasteiger partial charge >= 0.3 is 0 Å². The van der Waals surface area contributed by atoms with Gasteiger partial charge in [-0.05, 0) is 54.1 Å². The van der Waals surface area contributed by atoms with E-state index in [2.05, 4.69) is 20.1 Å². The number of benzene rings is 2. The average Bonchev–Trinajstić information content (AvgIpc) is 3.63. The van der Waals surface area contributed by atoms with E-state index in [0.717, 1.165) is 35.7 Å². The quantitative estimate of drug-likeness (QED) is 0.314. The van der Waals surface area contributed by atoms with Crippen molar-refractivity contribution in [3.63, 3.8) is 0 Å². The minimum atomic E-state index is -0.574. The van der Waals surface area contributed by atoms with E-state index < -0.39 is 5.25 Å². The van der Waals surface area contributed by atoms with Crippen LogP contribution < -0.4 is 5.32 Å². The summed E-state index contributed by atoms with van der Waals surface area (Å²) in [7, 11) is 0. The predicted octanol–water partition coefficient (Wildman–Crippen LogP) is 5.80. The number of hydrogen-bond acceptors (Lipinski definition) is 6. The van der Waals surface area contributed by atoms with E-state index in [1.807, 2.05) is 47.8 Å². The Balaban J connectivity index is 1.46. The maximum atomic E-state index is 13.4. The zero-order valence-corrected chi connectivity index (χ0v) is 19.9. The third kappa shape index (κ3) is 5.22. The summed E-state index contributed by atoms with van der Waals surface area (Å²) in [6.07, 6.45) is 2.12. The molecule has 3 heterocycles. The normalized spacial score (nSPS) is 16.4. The molecule has 2 unspecified atom stereocenters. The molecule has 1 saturated heterocycles. The highest BCUT2D eigenvalue weighted by molar-refractivity contribution is 8.00. The van der Waals surface area contributed by atoms with Crippen LogP contribution in [-0.4, -0.2) is 33.4 Å². The van der Waals surface area contributed by atoms with E-state index in [-0.39, 0.29) is 17.8 Å². The molecule has 4 aromatic rings. The second-order valence-corrected chi connectivity index (χ2v) is 9.95. The third-order valence-corrected chi connectivity index (χ3v) is 7.64. The van der Waals surface area contributed by atoms with Gasteiger partial charge in [-0.15, -0.1) is 21.5 Å². The molecule has 2 aromatic carbocycles. The molecule has 0 aliphatic carbocycles. The summed E-state index contributed by atoms with van der Waals surface area (Å²) in [4.78, 5) is 14.4. The Morgan fingerprint density at radius 3 is 2.68 bits per heavy atom. The first kappa shape index (κ1) is 22.8. The van der Waals surface area contributed by atoms with Gasteiger partial charge in [0.2, 0.25) is 5.91 Å². The van der Waals surface area contributed by atoms with Crippen molar-refractivity contribution in [1.29, 1.82) is 0 Å². The van der Waals surface area contributed by atoms with Crippen molar-refractivity contribution >= 4 is 34.7 Å². The molecule has 1 N–H and O–H groups in total. The zero-order chi connectivity index (χ0) is 23.3. The average molecular weight is 495 g/mol. The molecule has 174 valence electrons. The maximum absolute atomic E-state index is 13.4. The molecule has 0 radical (unpaired) electrons. The fourth-order valence-electron chi connectivity index (χ4n) is 3.87. The molecule has 2 aromatic heterocycles. The number of nitrogens with zero attached hydrogens (tertiary/aromatic N) is 3. The van der Waals surface area contributed by atoms with E-state index in [1.54, 1.807) is 23.5 Å². The van der Waals surface area contributed by atoms with E-state index in [1.165, 1.54) is 23.9 Å². The summed E-state index contributed by atoms with van der Waals surface area (Å²) in [6, 6.07) is 19.3. The Morgan fingerprint density at radius 2 is 1.97 bits per heavy atom. The highest BCUT2D eigenvalue weighted by Gasteiger charge is 2.28. The molecule has 1 aliphatic rings. The number of hydrogen-bond donors (Lipinski definition) is 1. The van der Waals surface area contributed by atoms with E-state index in [9.17, 15) is 9.18 Å². The van der Waals surface area contributed by atoms with Crippen molar-refractivity contribution < 1.29 is 13.9 Å². The van der Waals surface area contributed by atoms with Gasteiger partial charge in [0.25, 0.3) is 0 Å².